The summed E-state index contributed by atoms with van der Waals surface area (Å²) in [6.45, 7) is 0.426. The van der Waals surface area contributed by atoms with Crippen molar-refractivity contribution < 1.29 is 49.2 Å². The van der Waals surface area contributed by atoms with Crippen LogP contribution in [0.15, 0.2) is 54.7 Å². The van der Waals surface area contributed by atoms with Gasteiger partial charge in [-0.2, -0.15) is 0 Å². The van der Waals surface area contributed by atoms with E-state index in [1.54, 1.807) is 30.5 Å². The Kier molecular flexibility index (Phi) is 13.0. The van der Waals surface area contributed by atoms with E-state index in [9.17, 15) is 49.2 Å². The normalized spacial score (nSPS) is 14.8. The molecule has 0 saturated heterocycles. The molecule has 48 heavy (non-hydrogen) atoms. The van der Waals surface area contributed by atoms with Crippen LogP contribution in [0.2, 0.25) is 0 Å². The molecule has 0 unspecified atom stereocenters. The number of aliphatic carboxylic acids is 1. The van der Waals surface area contributed by atoms with Gasteiger partial charge in [0.1, 0.15) is 29.9 Å². The van der Waals surface area contributed by atoms with Gasteiger partial charge in [-0.3, -0.25) is 24.0 Å². The Balaban J connectivity index is 1.90. The lowest BCUT2D eigenvalue weighted by molar-refractivity contribution is -0.145. The van der Waals surface area contributed by atoms with Crippen LogP contribution in [0, 0.1) is 0 Å². The molecule has 6 atom stereocenters. The summed E-state index contributed by atoms with van der Waals surface area (Å²) in [7, 11) is 0. The van der Waals surface area contributed by atoms with E-state index in [0.29, 0.717) is 22.0 Å². The number of phenols is 1. The third kappa shape index (κ3) is 10.2. The molecular formula is C31H39N7O10. The molecule has 0 aliphatic rings. The molecule has 0 fully saturated rings. The zero-order valence-electron chi connectivity index (χ0n) is 25.9. The molecule has 0 aliphatic heterocycles. The maximum Gasteiger partial charge on any atom is 0.328 e. The number of hydrogen-bond acceptors (Lipinski definition) is 10. The molecule has 0 spiro atoms. The quantitative estimate of drug-likeness (QED) is 0.0700. The Morgan fingerprint density at radius 2 is 1.38 bits per heavy atom. The number of benzene rings is 2. The second-order valence-electron chi connectivity index (χ2n) is 11.1. The van der Waals surface area contributed by atoms with Gasteiger partial charge < -0.3 is 58.1 Å². The summed E-state index contributed by atoms with van der Waals surface area (Å²) in [5, 5.41) is 48.4. The van der Waals surface area contributed by atoms with Crippen LogP contribution in [0.5, 0.6) is 5.75 Å². The number of nitrogens with two attached hydrogens (primary N) is 2. The van der Waals surface area contributed by atoms with Crippen LogP contribution in [-0.2, 0) is 41.6 Å². The highest BCUT2D eigenvalue weighted by Crippen LogP contribution is 2.19. The Hall–Kier alpha value is -5.52. The number of aromatic nitrogens is 1. The fraction of sp³-hybridized carbons (Fsp3) is 0.355. The Morgan fingerprint density at radius 1 is 0.812 bits per heavy atom. The summed E-state index contributed by atoms with van der Waals surface area (Å²) in [6.07, 6.45) is -0.985. The Labute approximate surface area is 274 Å². The average molecular weight is 670 g/mol. The highest BCUT2D eigenvalue weighted by Gasteiger charge is 2.34. The number of carbonyl (C=O) groups is 6. The van der Waals surface area contributed by atoms with Crippen molar-refractivity contribution in [3.05, 3.63) is 65.9 Å². The minimum Gasteiger partial charge on any atom is -0.508 e. The van der Waals surface area contributed by atoms with Gasteiger partial charge in [0.05, 0.1) is 19.1 Å². The smallest absolute Gasteiger partial charge is 0.328 e. The number of H-pyrrole nitrogens is 1. The van der Waals surface area contributed by atoms with E-state index in [-0.39, 0.29) is 18.6 Å². The third-order valence-electron chi connectivity index (χ3n) is 7.36. The number of fused-ring (bicyclic) bond motifs is 1. The standard InChI is InChI=1S/C31H39N7O10/c1-15(40)26(31(47)48)38-30(46)23(11-17-13-34-21-5-3-2-4-19(17)21)36-29(45)24(12-25(33)42)37-28(44)22(35-27(43)20(32)14-39)10-16-6-8-18(41)9-7-16/h2-9,13,15,20,22-24,26,34,39-41H,10-12,14,32H2,1H3,(H2,33,42)(H,35,43)(H,36,45)(H,37,44)(H,38,46)(H,47,48)/t15-,20+,22+,23+,24+,26+/m1/s1. The van der Waals surface area contributed by atoms with E-state index in [1.165, 1.54) is 24.3 Å². The van der Waals surface area contributed by atoms with Crippen molar-refractivity contribution in [3.8, 4) is 5.75 Å². The molecule has 2 aromatic carbocycles. The molecule has 0 aliphatic carbocycles. The fourth-order valence-electron chi connectivity index (χ4n) is 4.77. The SMILES string of the molecule is C[C@@H](O)[C@H](NC(=O)[C@H](Cc1c[nH]c2ccccc12)NC(=O)[C@H](CC(N)=O)NC(=O)[C@H](Cc1ccc(O)cc1)NC(=O)[C@@H](N)CO)C(=O)O. The van der Waals surface area contributed by atoms with Gasteiger partial charge in [0, 0.05) is 29.9 Å². The van der Waals surface area contributed by atoms with E-state index in [1.807, 2.05) is 0 Å². The van der Waals surface area contributed by atoms with Crippen LogP contribution in [0.25, 0.3) is 10.9 Å². The number of primary amides is 1. The largest absolute Gasteiger partial charge is 0.508 e. The predicted octanol–water partition coefficient (Wildman–Crippen LogP) is -2.74. The van der Waals surface area contributed by atoms with Gasteiger partial charge in [-0.05, 0) is 36.2 Å². The lowest BCUT2D eigenvalue weighted by Crippen LogP contribution is -2.60. The third-order valence-corrected chi connectivity index (χ3v) is 7.36. The highest BCUT2D eigenvalue weighted by atomic mass is 16.4. The van der Waals surface area contributed by atoms with Crippen molar-refractivity contribution in [1.82, 2.24) is 26.3 Å². The predicted molar refractivity (Wildman–Crippen MR) is 170 cm³/mol. The van der Waals surface area contributed by atoms with Crippen LogP contribution in [0.3, 0.4) is 0 Å². The number of aromatic hydroxyl groups is 1. The summed E-state index contributed by atoms with van der Waals surface area (Å²) < 4.78 is 0. The van der Waals surface area contributed by atoms with Crippen LogP contribution in [-0.4, -0.2) is 104 Å². The van der Waals surface area contributed by atoms with Gasteiger partial charge in [-0.1, -0.05) is 30.3 Å². The molecule has 258 valence electrons. The molecule has 13 N–H and O–H groups in total. The molecule has 0 radical (unpaired) electrons. The fourth-order valence-corrected chi connectivity index (χ4v) is 4.77. The molecule has 0 bridgehead atoms. The van der Waals surface area contributed by atoms with Gasteiger partial charge in [0.2, 0.25) is 29.5 Å². The lowest BCUT2D eigenvalue weighted by atomic mass is 10.0. The van der Waals surface area contributed by atoms with Gasteiger partial charge in [0.25, 0.3) is 0 Å². The number of carboxylic acid groups (broad SMARTS) is 1. The molecule has 17 nitrogen and oxygen atoms in total. The van der Waals surface area contributed by atoms with Crippen molar-refractivity contribution in [1.29, 1.82) is 0 Å². The van der Waals surface area contributed by atoms with Gasteiger partial charge >= 0.3 is 5.97 Å². The minimum absolute atomic E-state index is 0.0568. The van der Waals surface area contributed by atoms with Crippen LogP contribution < -0.4 is 32.7 Å². The van der Waals surface area contributed by atoms with E-state index in [2.05, 4.69) is 26.3 Å². The molecule has 3 aromatic rings. The van der Waals surface area contributed by atoms with Gasteiger partial charge in [-0.15, -0.1) is 0 Å². The summed E-state index contributed by atoms with van der Waals surface area (Å²) in [6, 6.07) is 5.07. The van der Waals surface area contributed by atoms with E-state index in [4.69, 9.17) is 11.5 Å². The first kappa shape index (κ1) is 36.9. The van der Waals surface area contributed by atoms with Crippen molar-refractivity contribution in [2.45, 2.75) is 62.5 Å². The van der Waals surface area contributed by atoms with E-state index in [0.717, 1.165) is 6.92 Å². The number of hydrogen-bond donors (Lipinski definition) is 11. The van der Waals surface area contributed by atoms with Gasteiger partial charge in [0.15, 0.2) is 6.04 Å². The Bertz CT molecular complexity index is 1630. The first-order valence-electron chi connectivity index (χ1n) is 14.8. The zero-order valence-corrected chi connectivity index (χ0v) is 25.9. The molecule has 0 saturated carbocycles. The zero-order chi connectivity index (χ0) is 35.5. The number of carboxylic acids is 1. The Morgan fingerprint density at radius 3 is 1.98 bits per heavy atom. The first-order chi connectivity index (χ1) is 22.7. The van der Waals surface area contributed by atoms with Crippen LogP contribution in [0.4, 0.5) is 0 Å². The van der Waals surface area contributed by atoms with Crippen LogP contribution in [0.1, 0.15) is 24.5 Å². The summed E-state index contributed by atoms with van der Waals surface area (Å²) in [4.78, 5) is 79.7. The second kappa shape index (κ2) is 16.9. The number of amides is 5. The van der Waals surface area contributed by atoms with Crippen molar-refractivity contribution in [3.63, 3.8) is 0 Å². The average Bonchev–Trinajstić information content (AvgIpc) is 3.45. The topological polar surface area (TPSA) is 299 Å². The summed E-state index contributed by atoms with van der Waals surface area (Å²) in [5.74, 6) is -6.48. The maximum absolute atomic E-state index is 13.6. The molecule has 1 aromatic heterocycles. The first-order valence-corrected chi connectivity index (χ1v) is 14.8. The summed E-state index contributed by atoms with van der Waals surface area (Å²) in [5.41, 5.74) is 12.7. The number of phenolic OH excluding ortho intramolecular Hbond substituents is 1. The number of aliphatic hydroxyl groups excluding tert-OH is 2. The van der Waals surface area contributed by atoms with Crippen molar-refractivity contribution in [2.75, 3.05) is 6.61 Å². The molecule has 1 heterocycles. The number of aliphatic hydroxyl groups is 2. The number of nitrogens with one attached hydrogen (secondary N) is 5. The number of carbonyl (C=O) groups excluding carboxylic acids is 5. The number of aromatic amines is 1. The number of para-hydroxylation sites is 1. The second-order valence-corrected chi connectivity index (χ2v) is 11.1. The molecule has 17 heteroatoms. The maximum atomic E-state index is 13.6. The number of rotatable bonds is 17. The monoisotopic (exact) mass is 669 g/mol. The summed E-state index contributed by atoms with van der Waals surface area (Å²) >= 11 is 0. The minimum atomic E-state index is -1.73. The molecule has 3 rings (SSSR count). The van der Waals surface area contributed by atoms with E-state index >= 15 is 0 Å². The highest BCUT2D eigenvalue weighted by molar-refractivity contribution is 5.97. The van der Waals surface area contributed by atoms with Crippen molar-refractivity contribution in [2.24, 2.45) is 11.5 Å². The van der Waals surface area contributed by atoms with E-state index < -0.39 is 84.8 Å². The lowest BCUT2D eigenvalue weighted by Gasteiger charge is -2.26. The van der Waals surface area contributed by atoms with Crippen molar-refractivity contribution >= 4 is 46.4 Å². The molecule has 5 amide bonds. The molecular weight excluding hydrogens is 630 g/mol. The van der Waals surface area contributed by atoms with Gasteiger partial charge in [-0.25, -0.2) is 4.79 Å². The van der Waals surface area contributed by atoms with Crippen LogP contribution >= 0.6 is 0 Å².